The summed E-state index contributed by atoms with van der Waals surface area (Å²) in [6, 6.07) is 0. The second kappa shape index (κ2) is 4.98. The first-order valence-electron chi connectivity index (χ1n) is 3.47. The molecule has 10 heavy (non-hydrogen) atoms. The molecule has 1 heteroatoms. The van der Waals surface area contributed by atoms with Crippen molar-refractivity contribution in [2.24, 2.45) is 5.92 Å². The van der Waals surface area contributed by atoms with E-state index in [-0.39, 0.29) is 5.92 Å². The minimum atomic E-state index is 0.0381. The average molecular weight is 138 g/mol. The molecule has 0 aromatic heterocycles. The van der Waals surface area contributed by atoms with Crippen LogP contribution in [0.2, 0.25) is 0 Å². The Kier molecular flexibility index (Phi) is 4.55. The Hall–Kier alpha value is -0.850. The van der Waals surface area contributed by atoms with Crippen molar-refractivity contribution in [2.45, 2.75) is 20.8 Å². The highest BCUT2D eigenvalue weighted by Gasteiger charge is 1.91. The zero-order valence-corrected chi connectivity index (χ0v) is 6.79. The molecule has 0 aromatic carbocycles. The Morgan fingerprint density at radius 3 is 2.50 bits per heavy atom. The number of rotatable bonds is 3. The van der Waals surface area contributed by atoms with Gasteiger partial charge >= 0.3 is 0 Å². The third-order valence-corrected chi connectivity index (χ3v) is 1.17. The normalized spacial score (nSPS) is 15.7. The van der Waals surface area contributed by atoms with E-state index in [1.165, 1.54) is 0 Å². The summed E-state index contributed by atoms with van der Waals surface area (Å²) in [5.41, 5.74) is 1.14. The van der Waals surface area contributed by atoms with Gasteiger partial charge in [-0.3, -0.25) is 0 Å². The van der Waals surface area contributed by atoms with Gasteiger partial charge in [-0.15, -0.1) is 0 Å². The molecule has 1 atom stereocenters. The number of aldehydes is 1. The SMILES string of the molecule is C/C=C/C(C)=C/C(C)C=O. The molecule has 0 saturated heterocycles. The summed E-state index contributed by atoms with van der Waals surface area (Å²) in [5, 5.41) is 0. The van der Waals surface area contributed by atoms with E-state index in [1.54, 1.807) is 0 Å². The highest BCUT2D eigenvalue weighted by molar-refractivity contribution is 5.56. The fraction of sp³-hybridized carbons (Fsp3) is 0.444. The molecule has 0 aliphatic heterocycles. The summed E-state index contributed by atoms with van der Waals surface area (Å²) in [6.07, 6.45) is 6.82. The smallest absolute Gasteiger partial charge is 0.126 e. The van der Waals surface area contributed by atoms with Crippen LogP contribution in [0.15, 0.2) is 23.8 Å². The Balaban J connectivity index is 4.01. The van der Waals surface area contributed by atoms with Crippen molar-refractivity contribution in [3.63, 3.8) is 0 Å². The third-order valence-electron chi connectivity index (χ3n) is 1.17. The van der Waals surface area contributed by atoms with Crippen molar-refractivity contribution in [1.82, 2.24) is 0 Å². The van der Waals surface area contributed by atoms with Gasteiger partial charge < -0.3 is 4.79 Å². The van der Waals surface area contributed by atoms with Crippen molar-refractivity contribution < 1.29 is 4.79 Å². The molecule has 1 nitrogen and oxygen atoms in total. The van der Waals surface area contributed by atoms with E-state index in [0.717, 1.165) is 11.9 Å². The lowest BCUT2D eigenvalue weighted by atomic mass is 10.1. The van der Waals surface area contributed by atoms with Gasteiger partial charge in [0.2, 0.25) is 0 Å². The molecule has 0 amide bonds. The van der Waals surface area contributed by atoms with Crippen LogP contribution >= 0.6 is 0 Å². The van der Waals surface area contributed by atoms with Crippen LogP contribution in [-0.4, -0.2) is 6.29 Å². The molecule has 0 aromatic rings. The molecule has 0 rings (SSSR count). The molecular weight excluding hydrogens is 124 g/mol. The van der Waals surface area contributed by atoms with Crippen LogP contribution in [0, 0.1) is 5.92 Å². The van der Waals surface area contributed by atoms with Crippen LogP contribution in [0.3, 0.4) is 0 Å². The fourth-order valence-corrected chi connectivity index (χ4v) is 0.772. The second-order valence-corrected chi connectivity index (χ2v) is 2.41. The first-order valence-corrected chi connectivity index (χ1v) is 3.47. The number of carbonyl (C=O) groups excluding carboxylic acids is 1. The topological polar surface area (TPSA) is 17.1 Å². The van der Waals surface area contributed by atoms with E-state index >= 15 is 0 Å². The van der Waals surface area contributed by atoms with Crippen molar-refractivity contribution in [3.05, 3.63) is 23.8 Å². The maximum Gasteiger partial charge on any atom is 0.126 e. The van der Waals surface area contributed by atoms with Gasteiger partial charge in [0.1, 0.15) is 6.29 Å². The van der Waals surface area contributed by atoms with E-state index in [0.29, 0.717) is 0 Å². The molecule has 0 aliphatic rings. The van der Waals surface area contributed by atoms with Gasteiger partial charge in [-0.2, -0.15) is 0 Å². The molecule has 0 saturated carbocycles. The molecule has 0 aliphatic carbocycles. The standard InChI is InChI=1S/C9H14O/c1-4-5-8(2)6-9(3)7-10/h4-7,9H,1-3H3/b5-4+,8-6+. The summed E-state index contributed by atoms with van der Waals surface area (Å²) in [5.74, 6) is 0.0381. The predicted octanol–water partition coefficient (Wildman–Crippen LogP) is 2.34. The minimum Gasteiger partial charge on any atom is -0.303 e. The van der Waals surface area contributed by atoms with Gasteiger partial charge in [0.05, 0.1) is 0 Å². The minimum absolute atomic E-state index is 0.0381. The van der Waals surface area contributed by atoms with Crippen LogP contribution in [0.1, 0.15) is 20.8 Å². The second-order valence-electron chi connectivity index (χ2n) is 2.41. The number of allylic oxidation sites excluding steroid dienone is 4. The first-order chi connectivity index (χ1) is 4.70. The van der Waals surface area contributed by atoms with Crippen molar-refractivity contribution in [3.8, 4) is 0 Å². The Bertz CT molecular complexity index is 154. The fourth-order valence-electron chi connectivity index (χ4n) is 0.772. The molecule has 0 bridgehead atoms. The monoisotopic (exact) mass is 138 g/mol. The summed E-state index contributed by atoms with van der Waals surface area (Å²) >= 11 is 0. The van der Waals surface area contributed by atoms with Crippen LogP contribution in [0.4, 0.5) is 0 Å². The van der Waals surface area contributed by atoms with Gasteiger partial charge in [0.15, 0.2) is 0 Å². The van der Waals surface area contributed by atoms with Crippen LogP contribution in [0.25, 0.3) is 0 Å². The molecule has 0 heterocycles. The molecule has 0 spiro atoms. The zero-order chi connectivity index (χ0) is 7.98. The van der Waals surface area contributed by atoms with Gasteiger partial charge in [-0.1, -0.05) is 30.7 Å². The van der Waals surface area contributed by atoms with E-state index in [2.05, 4.69) is 0 Å². The Morgan fingerprint density at radius 2 is 2.10 bits per heavy atom. The summed E-state index contributed by atoms with van der Waals surface area (Å²) in [4.78, 5) is 10.2. The van der Waals surface area contributed by atoms with Crippen LogP contribution in [-0.2, 0) is 4.79 Å². The highest BCUT2D eigenvalue weighted by atomic mass is 16.1. The quantitative estimate of drug-likeness (QED) is 0.432. The molecular formula is C9H14O. The lowest BCUT2D eigenvalue weighted by Gasteiger charge is -1.94. The van der Waals surface area contributed by atoms with Gasteiger partial charge in [-0.05, 0) is 13.8 Å². The van der Waals surface area contributed by atoms with Gasteiger partial charge in [0.25, 0.3) is 0 Å². The van der Waals surface area contributed by atoms with E-state index in [4.69, 9.17) is 0 Å². The van der Waals surface area contributed by atoms with Crippen molar-refractivity contribution in [1.29, 1.82) is 0 Å². The van der Waals surface area contributed by atoms with E-state index in [9.17, 15) is 4.79 Å². The average Bonchev–Trinajstić information content (AvgIpc) is 1.88. The first kappa shape index (κ1) is 9.15. The lowest BCUT2D eigenvalue weighted by Crippen LogP contribution is -1.89. The lowest BCUT2D eigenvalue weighted by molar-refractivity contribution is -0.109. The highest BCUT2D eigenvalue weighted by Crippen LogP contribution is 2.00. The van der Waals surface area contributed by atoms with Crippen LogP contribution in [0.5, 0.6) is 0 Å². The molecule has 0 N–H and O–H groups in total. The van der Waals surface area contributed by atoms with Crippen molar-refractivity contribution >= 4 is 6.29 Å². The summed E-state index contributed by atoms with van der Waals surface area (Å²) < 4.78 is 0. The molecule has 1 unspecified atom stereocenters. The number of carbonyl (C=O) groups is 1. The van der Waals surface area contributed by atoms with Gasteiger partial charge in [0, 0.05) is 5.92 Å². The summed E-state index contributed by atoms with van der Waals surface area (Å²) in [6.45, 7) is 5.82. The Morgan fingerprint density at radius 1 is 1.50 bits per heavy atom. The predicted molar refractivity (Wildman–Crippen MR) is 43.8 cm³/mol. The van der Waals surface area contributed by atoms with E-state index in [1.807, 2.05) is 39.0 Å². The molecule has 0 fully saturated rings. The number of hydrogen-bond acceptors (Lipinski definition) is 1. The zero-order valence-electron chi connectivity index (χ0n) is 6.79. The maximum absolute atomic E-state index is 10.2. The molecule has 0 radical (unpaired) electrons. The molecule has 56 valence electrons. The maximum atomic E-state index is 10.2. The van der Waals surface area contributed by atoms with Crippen molar-refractivity contribution in [2.75, 3.05) is 0 Å². The number of hydrogen-bond donors (Lipinski definition) is 0. The Labute approximate surface area is 62.4 Å². The van der Waals surface area contributed by atoms with E-state index < -0.39 is 0 Å². The largest absolute Gasteiger partial charge is 0.303 e. The van der Waals surface area contributed by atoms with Gasteiger partial charge in [-0.25, -0.2) is 0 Å². The summed E-state index contributed by atoms with van der Waals surface area (Å²) in [7, 11) is 0. The van der Waals surface area contributed by atoms with Crippen LogP contribution < -0.4 is 0 Å². The third kappa shape index (κ3) is 4.07.